The maximum Gasteiger partial charge on any atom is 0.211 e. The van der Waals surface area contributed by atoms with Crippen molar-refractivity contribution in [3.8, 4) is 0 Å². The molecule has 0 unspecified atom stereocenters. The molecular weight excluding hydrogens is 164 g/mol. The summed E-state index contributed by atoms with van der Waals surface area (Å²) in [6.45, 7) is 2.01. The van der Waals surface area contributed by atoms with Gasteiger partial charge in [0, 0.05) is 7.05 Å². The average Bonchev–Trinajstić information content (AvgIpc) is 2.28. The van der Waals surface area contributed by atoms with Crippen molar-refractivity contribution in [1.29, 1.82) is 0 Å². The highest BCUT2D eigenvalue weighted by molar-refractivity contribution is 5.55. The van der Waals surface area contributed by atoms with Crippen LogP contribution in [0.5, 0.6) is 0 Å². The second kappa shape index (κ2) is 4.50. The normalized spacial score (nSPS) is 16.3. The molecule has 0 aromatic carbocycles. The van der Waals surface area contributed by atoms with E-state index in [9.17, 15) is 4.79 Å². The fourth-order valence-corrected chi connectivity index (χ4v) is 1.26. The lowest BCUT2D eigenvalue weighted by Crippen LogP contribution is -2.19. The molecule has 1 aliphatic rings. The second-order valence-electron chi connectivity index (χ2n) is 2.87. The molecular formula is C10H14N2O. The molecule has 1 rings (SSSR count). The van der Waals surface area contributed by atoms with Crippen LogP contribution in [0, 0.1) is 0 Å². The van der Waals surface area contributed by atoms with Crippen LogP contribution in [-0.2, 0) is 4.79 Å². The number of carbonyl (C=O) groups excluding carboxylic acids is 1. The summed E-state index contributed by atoms with van der Waals surface area (Å²) in [5, 5.41) is 5.70. The summed E-state index contributed by atoms with van der Waals surface area (Å²) in [5.41, 5.74) is 2.94. The van der Waals surface area contributed by atoms with Gasteiger partial charge in [-0.15, -0.1) is 0 Å². The van der Waals surface area contributed by atoms with Gasteiger partial charge < -0.3 is 10.6 Å². The number of carbonyl (C=O) groups is 1. The summed E-state index contributed by atoms with van der Waals surface area (Å²) >= 11 is 0. The van der Waals surface area contributed by atoms with Crippen LogP contribution >= 0.6 is 0 Å². The molecule has 0 heterocycles. The summed E-state index contributed by atoms with van der Waals surface area (Å²) in [5.74, 6) is 0. The predicted molar refractivity (Wildman–Crippen MR) is 52.8 cm³/mol. The van der Waals surface area contributed by atoms with Gasteiger partial charge in [-0.2, -0.15) is 0 Å². The zero-order chi connectivity index (χ0) is 9.68. The van der Waals surface area contributed by atoms with Crippen molar-refractivity contribution in [2.75, 3.05) is 7.05 Å². The first-order valence-corrected chi connectivity index (χ1v) is 4.25. The first-order chi connectivity index (χ1) is 6.27. The minimum Gasteiger partial charge on any atom is -0.387 e. The van der Waals surface area contributed by atoms with E-state index < -0.39 is 0 Å². The van der Waals surface area contributed by atoms with Crippen molar-refractivity contribution in [3.05, 3.63) is 35.2 Å². The Bertz CT molecular complexity index is 287. The van der Waals surface area contributed by atoms with E-state index in [-0.39, 0.29) is 0 Å². The SMILES string of the molecule is CNC1=CCC=C(C)C=C1NC=O. The highest BCUT2D eigenvalue weighted by Gasteiger charge is 2.04. The van der Waals surface area contributed by atoms with Crippen molar-refractivity contribution < 1.29 is 4.79 Å². The van der Waals surface area contributed by atoms with Crippen LogP contribution in [0.25, 0.3) is 0 Å². The zero-order valence-corrected chi connectivity index (χ0v) is 7.92. The maximum atomic E-state index is 10.3. The quantitative estimate of drug-likeness (QED) is 0.635. The zero-order valence-electron chi connectivity index (χ0n) is 7.92. The van der Waals surface area contributed by atoms with E-state index in [1.807, 2.05) is 26.1 Å². The lowest BCUT2D eigenvalue weighted by Gasteiger charge is -2.08. The van der Waals surface area contributed by atoms with Crippen LogP contribution in [0.3, 0.4) is 0 Å². The summed E-state index contributed by atoms with van der Waals surface area (Å²) in [6.07, 6.45) is 7.68. The highest BCUT2D eigenvalue weighted by Crippen LogP contribution is 2.13. The molecule has 3 heteroatoms. The first kappa shape index (κ1) is 9.58. The number of likely N-dealkylation sites (N-methyl/N-ethyl adjacent to an activating group) is 1. The first-order valence-electron chi connectivity index (χ1n) is 4.25. The number of amides is 1. The molecule has 0 atom stereocenters. The van der Waals surface area contributed by atoms with Gasteiger partial charge in [0.05, 0.1) is 11.4 Å². The molecule has 13 heavy (non-hydrogen) atoms. The van der Waals surface area contributed by atoms with Gasteiger partial charge in [-0.3, -0.25) is 4.79 Å². The molecule has 1 aliphatic carbocycles. The van der Waals surface area contributed by atoms with E-state index in [0.29, 0.717) is 6.41 Å². The van der Waals surface area contributed by atoms with Gasteiger partial charge in [0.2, 0.25) is 6.41 Å². The Kier molecular flexibility index (Phi) is 3.31. The lowest BCUT2D eigenvalue weighted by molar-refractivity contribution is -0.108. The van der Waals surface area contributed by atoms with Crippen LogP contribution < -0.4 is 10.6 Å². The number of allylic oxidation sites excluding steroid dienone is 4. The Hall–Kier alpha value is -1.51. The van der Waals surface area contributed by atoms with Gasteiger partial charge in [0.15, 0.2) is 0 Å². The monoisotopic (exact) mass is 178 g/mol. The molecule has 0 saturated heterocycles. The third-order valence-electron chi connectivity index (χ3n) is 1.91. The van der Waals surface area contributed by atoms with Crippen molar-refractivity contribution >= 4 is 6.41 Å². The van der Waals surface area contributed by atoms with Gasteiger partial charge in [-0.25, -0.2) is 0 Å². The van der Waals surface area contributed by atoms with Crippen molar-refractivity contribution in [1.82, 2.24) is 10.6 Å². The minimum absolute atomic E-state index is 0.690. The number of nitrogens with one attached hydrogen (secondary N) is 2. The molecule has 0 aromatic rings. The third kappa shape index (κ3) is 2.47. The minimum atomic E-state index is 0.690. The maximum absolute atomic E-state index is 10.3. The van der Waals surface area contributed by atoms with Crippen LogP contribution in [0.15, 0.2) is 35.2 Å². The van der Waals surface area contributed by atoms with E-state index in [1.165, 1.54) is 0 Å². The fraction of sp³-hybridized carbons (Fsp3) is 0.300. The van der Waals surface area contributed by atoms with Crippen LogP contribution in [0.2, 0.25) is 0 Å². The van der Waals surface area contributed by atoms with Gasteiger partial charge in [-0.1, -0.05) is 17.7 Å². The van der Waals surface area contributed by atoms with E-state index in [2.05, 4.69) is 16.7 Å². The number of rotatable bonds is 3. The smallest absolute Gasteiger partial charge is 0.211 e. The summed E-state index contributed by atoms with van der Waals surface area (Å²) in [4.78, 5) is 10.3. The average molecular weight is 178 g/mol. The molecule has 0 radical (unpaired) electrons. The molecule has 0 fully saturated rings. The largest absolute Gasteiger partial charge is 0.387 e. The Labute approximate surface area is 78.2 Å². The van der Waals surface area contributed by atoms with E-state index in [1.54, 1.807) is 0 Å². The summed E-state index contributed by atoms with van der Waals surface area (Å²) in [6, 6.07) is 0. The molecule has 0 spiro atoms. The summed E-state index contributed by atoms with van der Waals surface area (Å²) < 4.78 is 0. The van der Waals surface area contributed by atoms with Crippen molar-refractivity contribution in [3.63, 3.8) is 0 Å². The standard InChI is InChI=1S/C10H14N2O/c1-8-4-3-5-9(11-2)10(6-8)12-7-13/h4-7,11H,3H2,1-2H3,(H,12,13). The third-order valence-corrected chi connectivity index (χ3v) is 1.91. The van der Waals surface area contributed by atoms with Crippen LogP contribution in [0.1, 0.15) is 13.3 Å². The second-order valence-corrected chi connectivity index (χ2v) is 2.87. The number of hydrogen-bond acceptors (Lipinski definition) is 2. The van der Waals surface area contributed by atoms with Crippen molar-refractivity contribution in [2.45, 2.75) is 13.3 Å². The van der Waals surface area contributed by atoms with Crippen LogP contribution in [-0.4, -0.2) is 13.5 Å². The van der Waals surface area contributed by atoms with E-state index in [4.69, 9.17) is 0 Å². The molecule has 2 N–H and O–H groups in total. The fourth-order valence-electron chi connectivity index (χ4n) is 1.26. The molecule has 0 saturated carbocycles. The van der Waals surface area contributed by atoms with E-state index >= 15 is 0 Å². The topological polar surface area (TPSA) is 41.1 Å². The Morgan fingerprint density at radius 2 is 2.15 bits per heavy atom. The molecule has 3 nitrogen and oxygen atoms in total. The Balaban J connectivity index is 2.92. The van der Waals surface area contributed by atoms with Crippen LogP contribution in [0.4, 0.5) is 0 Å². The van der Waals surface area contributed by atoms with E-state index in [0.717, 1.165) is 23.4 Å². The van der Waals surface area contributed by atoms with Crippen molar-refractivity contribution in [2.24, 2.45) is 0 Å². The number of hydrogen-bond donors (Lipinski definition) is 2. The van der Waals surface area contributed by atoms with Gasteiger partial charge in [0.1, 0.15) is 0 Å². The Morgan fingerprint density at radius 1 is 1.38 bits per heavy atom. The summed E-state index contributed by atoms with van der Waals surface area (Å²) in [7, 11) is 1.84. The predicted octanol–water partition coefficient (Wildman–Crippen LogP) is 1.07. The van der Waals surface area contributed by atoms with Gasteiger partial charge >= 0.3 is 0 Å². The Morgan fingerprint density at radius 3 is 2.77 bits per heavy atom. The van der Waals surface area contributed by atoms with Gasteiger partial charge in [-0.05, 0) is 19.4 Å². The lowest BCUT2D eigenvalue weighted by atomic mass is 10.2. The van der Waals surface area contributed by atoms with Gasteiger partial charge in [0.25, 0.3) is 0 Å². The molecule has 70 valence electrons. The molecule has 0 aromatic heterocycles. The molecule has 0 aliphatic heterocycles. The molecule has 1 amide bonds. The molecule has 0 bridgehead atoms. The highest BCUT2D eigenvalue weighted by atomic mass is 16.1.